The fourth-order valence-corrected chi connectivity index (χ4v) is 5.47. The predicted octanol–water partition coefficient (Wildman–Crippen LogP) is 1.82. The molecule has 164 valence electrons. The molecule has 1 aliphatic rings. The number of rotatable bonds is 9. The molecule has 1 fully saturated rings. The van der Waals surface area contributed by atoms with E-state index in [1.807, 2.05) is 13.8 Å². The largest absolute Gasteiger partial charge is 0.494 e. The van der Waals surface area contributed by atoms with E-state index in [4.69, 9.17) is 4.74 Å². The van der Waals surface area contributed by atoms with Gasteiger partial charge in [0.05, 0.1) is 17.4 Å². The number of carbonyl (C=O) groups is 1. The number of nitrogens with one attached hydrogen (secondary N) is 2. The first kappa shape index (κ1) is 22.6. The van der Waals surface area contributed by atoms with Crippen molar-refractivity contribution in [3.05, 3.63) is 30.1 Å². The number of benzene rings is 1. The Morgan fingerprint density at radius 3 is 2.80 bits per heavy atom. The number of aromatic nitrogens is 3. The molecule has 1 aliphatic heterocycles. The van der Waals surface area contributed by atoms with E-state index in [0.717, 1.165) is 5.82 Å². The number of hydrogen-bond donors (Lipinski definition) is 2. The maximum atomic E-state index is 13.0. The lowest BCUT2D eigenvalue weighted by atomic mass is 9.99. The summed E-state index contributed by atoms with van der Waals surface area (Å²) < 4.78 is 32.7. The standard InChI is InChI=1S/C19H27N5O4S2/c1-3-28-16-6-8-17(9-7-16)30(26,27)24-11-4-5-15(13-24)18(25)20-10-12-29-19-21-14(2)22-23-19/h6-9,15H,3-5,10-13H2,1-2H3,(H,20,25)(H,21,22,23). The van der Waals surface area contributed by atoms with Crippen molar-refractivity contribution >= 4 is 27.7 Å². The number of hydrogen-bond acceptors (Lipinski definition) is 7. The number of thioether (sulfide) groups is 1. The van der Waals surface area contributed by atoms with Gasteiger partial charge in [0.2, 0.25) is 21.1 Å². The van der Waals surface area contributed by atoms with Crippen LogP contribution in [0.5, 0.6) is 5.75 Å². The summed E-state index contributed by atoms with van der Waals surface area (Å²) in [6.07, 6.45) is 1.33. The van der Waals surface area contributed by atoms with Gasteiger partial charge in [0.1, 0.15) is 11.6 Å². The first-order valence-electron chi connectivity index (χ1n) is 9.92. The van der Waals surface area contributed by atoms with E-state index < -0.39 is 10.0 Å². The predicted molar refractivity (Wildman–Crippen MR) is 114 cm³/mol. The van der Waals surface area contributed by atoms with Gasteiger partial charge in [-0.1, -0.05) is 11.8 Å². The lowest BCUT2D eigenvalue weighted by molar-refractivity contribution is -0.125. The SMILES string of the molecule is CCOc1ccc(S(=O)(=O)N2CCCC(C(=O)NCCSc3n[nH]c(C)n3)C2)cc1. The molecule has 9 nitrogen and oxygen atoms in total. The van der Waals surface area contributed by atoms with Crippen LogP contribution in [-0.4, -0.2) is 65.8 Å². The molecule has 3 rings (SSSR count). The normalized spacial score (nSPS) is 17.6. The van der Waals surface area contributed by atoms with Gasteiger partial charge in [-0.2, -0.15) is 4.31 Å². The van der Waals surface area contributed by atoms with Gasteiger partial charge in [-0.05, 0) is 51.0 Å². The molecule has 1 unspecified atom stereocenters. The van der Waals surface area contributed by atoms with Crippen molar-refractivity contribution in [2.75, 3.05) is 32.0 Å². The number of aromatic amines is 1. The van der Waals surface area contributed by atoms with E-state index in [2.05, 4.69) is 20.5 Å². The minimum absolute atomic E-state index is 0.117. The smallest absolute Gasteiger partial charge is 0.243 e. The molecule has 1 aromatic carbocycles. The zero-order chi connectivity index (χ0) is 21.6. The van der Waals surface area contributed by atoms with Crippen LogP contribution >= 0.6 is 11.8 Å². The molecule has 1 amide bonds. The van der Waals surface area contributed by atoms with E-state index in [1.54, 1.807) is 24.3 Å². The summed E-state index contributed by atoms with van der Waals surface area (Å²) in [6.45, 7) is 5.30. The molecular weight excluding hydrogens is 426 g/mol. The summed E-state index contributed by atoms with van der Waals surface area (Å²) in [5.41, 5.74) is 0. The molecule has 1 atom stereocenters. The highest BCUT2D eigenvalue weighted by atomic mass is 32.2. The summed E-state index contributed by atoms with van der Waals surface area (Å²) in [6, 6.07) is 6.40. The molecule has 1 aromatic heterocycles. The first-order valence-corrected chi connectivity index (χ1v) is 12.3. The highest BCUT2D eigenvalue weighted by Crippen LogP contribution is 2.25. The number of piperidine rings is 1. The van der Waals surface area contributed by atoms with Crippen LogP contribution in [0.25, 0.3) is 0 Å². The molecule has 0 spiro atoms. The minimum atomic E-state index is -3.65. The lowest BCUT2D eigenvalue weighted by Crippen LogP contribution is -2.45. The Labute approximate surface area is 181 Å². The summed E-state index contributed by atoms with van der Waals surface area (Å²) in [5, 5.41) is 10.4. The van der Waals surface area contributed by atoms with E-state index in [-0.39, 0.29) is 23.3 Å². The minimum Gasteiger partial charge on any atom is -0.494 e. The average Bonchev–Trinajstić information content (AvgIpc) is 3.17. The zero-order valence-electron chi connectivity index (χ0n) is 17.1. The van der Waals surface area contributed by atoms with Crippen molar-refractivity contribution in [1.82, 2.24) is 24.8 Å². The second-order valence-electron chi connectivity index (χ2n) is 6.95. The molecule has 11 heteroatoms. The van der Waals surface area contributed by atoms with Gasteiger partial charge in [0.25, 0.3) is 0 Å². The van der Waals surface area contributed by atoms with Crippen LogP contribution in [0.4, 0.5) is 0 Å². The van der Waals surface area contributed by atoms with Crippen LogP contribution < -0.4 is 10.1 Å². The van der Waals surface area contributed by atoms with Gasteiger partial charge in [0.15, 0.2) is 0 Å². The van der Waals surface area contributed by atoms with E-state index in [1.165, 1.54) is 16.1 Å². The van der Waals surface area contributed by atoms with Crippen molar-refractivity contribution in [1.29, 1.82) is 0 Å². The van der Waals surface area contributed by atoms with E-state index in [9.17, 15) is 13.2 Å². The fourth-order valence-electron chi connectivity index (χ4n) is 3.25. The van der Waals surface area contributed by atoms with Crippen molar-refractivity contribution in [2.45, 2.75) is 36.7 Å². The Morgan fingerprint density at radius 1 is 1.37 bits per heavy atom. The maximum Gasteiger partial charge on any atom is 0.243 e. The van der Waals surface area contributed by atoms with Crippen molar-refractivity contribution in [3.8, 4) is 5.75 Å². The molecule has 0 bridgehead atoms. The van der Waals surface area contributed by atoms with Gasteiger partial charge >= 0.3 is 0 Å². The van der Waals surface area contributed by atoms with Gasteiger partial charge in [0, 0.05) is 25.4 Å². The first-order chi connectivity index (χ1) is 14.4. The third-order valence-electron chi connectivity index (χ3n) is 4.74. The number of ether oxygens (including phenoxy) is 1. The number of aryl methyl sites for hydroxylation is 1. The van der Waals surface area contributed by atoms with E-state index in [0.29, 0.717) is 49.2 Å². The molecule has 2 heterocycles. The van der Waals surface area contributed by atoms with Crippen LogP contribution in [0.2, 0.25) is 0 Å². The Bertz CT molecular complexity index is 946. The third kappa shape index (κ3) is 5.73. The summed E-state index contributed by atoms with van der Waals surface area (Å²) >= 11 is 1.45. The van der Waals surface area contributed by atoms with Crippen LogP contribution in [-0.2, 0) is 14.8 Å². The number of carbonyl (C=O) groups excluding carboxylic acids is 1. The summed E-state index contributed by atoms with van der Waals surface area (Å²) in [4.78, 5) is 17.0. The van der Waals surface area contributed by atoms with Crippen molar-refractivity contribution in [2.24, 2.45) is 5.92 Å². The average molecular weight is 454 g/mol. The highest BCUT2D eigenvalue weighted by molar-refractivity contribution is 7.99. The molecular formula is C19H27N5O4S2. The van der Waals surface area contributed by atoms with Crippen LogP contribution in [0, 0.1) is 12.8 Å². The molecule has 0 radical (unpaired) electrons. The maximum absolute atomic E-state index is 13.0. The Morgan fingerprint density at radius 2 is 2.13 bits per heavy atom. The van der Waals surface area contributed by atoms with Crippen molar-refractivity contribution < 1.29 is 17.9 Å². The Hall–Kier alpha value is -2.11. The van der Waals surface area contributed by atoms with Crippen LogP contribution in [0.1, 0.15) is 25.6 Å². The van der Waals surface area contributed by atoms with Gasteiger partial charge in [-0.25, -0.2) is 13.4 Å². The topological polar surface area (TPSA) is 117 Å². The lowest BCUT2D eigenvalue weighted by Gasteiger charge is -2.31. The van der Waals surface area contributed by atoms with Crippen LogP contribution in [0.15, 0.2) is 34.3 Å². The number of H-pyrrole nitrogens is 1. The third-order valence-corrected chi connectivity index (χ3v) is 7.46. The quantitative estimate of drug-likeness (QED) is 0.439. The Kier molecular flexibility index (Phi) is 7.73. The number of nitrogens with zero attached hydrogens (tertiary/aromatic N) is 3. The van der Waals surface area contributed by atoms with Gasteiger partial charge < -0.3 is 10.1 Å². The van der Waals surface area contributed by atoms with E-state index >= 15 is 0 Å². The van der Waals surface area contributed by atoms with Crippen molar-refractivity contribution in [3.63, 3.8) is 0 Å². The number of sulfonamides is 1. The van der Waals surface area contributed by atoms with Crippen LogP contribution in [0.3, 0.4) is 0 Å². The zero-order valence-corrected chi connectivity index (χ0v) is 18.8. The monoisotopic (exact) mass is 453 g/mol. The summed E-state index contributed by atoms with van der Waals surface area (Å²) in [7, 11) is -3.65. The second-order valence-corrected chi connectivity index (χ2v) is 9.95. The molecule has 2 N–H and O–H groups in total. The van der Waals surface area contributed by atoms with Gasteiger partial charge in [-0.15, -0.1) is 5.10 Å². The molecule has 0 aliphatic carbocycles. The highest BCUT2D eigenvalue weighted by Gasteiger charge is 2.33. The number of amides is 1. The molecule has 30 heavy (non-hydrogen) atoms. The second kappa shape index (κ2) is 10.3. The van der Waals surface area contributed by atoms with Gasteiger partial charge in [-0.3, -0.25) is 9.89 Å². The fraction of sp³-hybridized carbons (Fsp3) is 0.526. The Balaban J connectivity index is 1.52. The molecule has 2 aromatic rings. The molecule has 1 saturated heterocycles. The molecule has 0 saturated carbocycles. The summed E-state index contributed by atoms with van der Waals surface area (Å²) in [5.74, 6) is 1.55.